The molecule has 1 aromatic rings. The van der Waals surface area contributed by atoms with Crippen molar-refractivity contribution in [3.05, 3.63) is 29.8 Å². The number of rotatable bonds is 7. The summed E-state index contributed by atoms with van der Waals surface area (Å²) in [6, 6.07) is 7.86. The number of anilines is 1. The number of nitrogens with two attached hydrogens (primary N) is 1. The third kappa shape index (κ3) is 5.79. The lowest BCUT2D eigenvalue weighted by atomic mass is 10.1. The number of benzene rings is 1. The minimum atomic E-state index is -4.27. The number of hydrogen-bond acceptors (Lipinski definition) is 3. The quantitative estimate of drug-likeness (QED) is 0.785. The average molecular weight is 290 g/mol. The Morgan fingerprint density at radius 1 is 1.20 bits per heavy atom. The smallest absolute Gasteiger partial charge is 0.370 e. The van der Waals surface area contributed by atoms with Crippen molar-refractivity contribution < 1.29 is 17.9 Å². The molecule has 0 fully saturated rings. The molecule has 0 saturated heterocycles. The number of halogens is 3. The van der Waals surface area contributed by atoms with Gasteiger partial charge in [-0.3, -0.25) is 0 Å². The summed E-state index contributed by atoms with van der Waals surface area (Å²) >= 11 is 0. The third-order valence-electron chi connectivity index (χ3n) is 2.87. The highest BCUT2D eigenvalue weighted by molar-refractivity contribution is 5.48. The SMILES string of the molecule is CC(C)N(CCOCC(F)(F)F)c1ccc(CN)cc1. The van der Waals surface area contributed by atoms with Gasteiger partial charge in [-0.1, -0.05) is 12.1 Å². The van der Waals surface area contributed by atoms with Crippen molar-refractivity contribution in [3.8, 4) is 0 Å². The van der Waals surface area contributed by atoms with Crippen molar-refractivity contribution in [3.63, 3.8) is 0 Å². The van der Waals surface area contributed by atoms with Gasteiger partial charge in [0.25, 0.3) is 0 Å². The van der Waals surface area contributed by atoms with Crippen molar-refractivity contribution in [1.82, 2.24) is 0 Å². The van der Waals surface area contributed by atoms with Crippen LogP contribution in [-0.2, 0) is 11.3 Å². The number of ether oxygens (including phenoxy) is 1. The van der Waals surface area contributed by atoms with Crippen molar-refractivity contribution in [2.45, 2.75) is 32.6 Å². The number of nitrogens with zero attached hydrogens (tertiary/aromatic N) is 1. The molecule has 0 spiro atoms. The van der Waals surface area contributed by atoms with Gasteiger partial charge in [-0.25, -0.2) is 0 Å². The second-order valence-electron chi connectivity index (χ2n) is 4.83. The summed E-state index contributed by atoms with van der Waals surface area (Å²) in [4.78, 5) is 2.00. The molecule has 0 aliphatic heterocycles. The van der Waals surface area contributed by atoms with Crippen molar-refractivity contribution in [1.29, 1.82) is 0 Å². The van der Waals surface area contributed by atoms with Crippen LogP contribution in [0.4, 0.5) is 18.9 Å². The fraction of sp³-hybridized carbons (Fsp3) is 0.571. The van der Waals surface area contributed by atoms with Gasteiger partial charge in [-0.2, -0.15) is 13.2 Å². The van der Waals surface area contributed by atoms with E-state index in [4.69, 9.17) is 5.73 Å². The molecule has 114 valence electrons. The van der Waals surface area contributed by atoms with E-state index in [-0.39, 0.29) is 12.6 Å². The van der Waals surface area contributed by atoms with Gasteiger partial charge in [0.2, 0.25) is 0 Å². The van der Waals surface area contributed by atoms with E-state index in [1.54, 1.807) is 0 Å². The highest BCUT2D eigenvalue weighted by atomic mass is 19.4. The van der Waals surface area contributed by atoms with Crippen LogP contribution in [0.2, 0.25) is 0 Å². The molecule has 0 bridgehead atoms. The lowest BCUT2D eigenvalue weighted by Crippen LogP contribution is -2.34. The molecule has 0 saturated carbocycles. The Kier molecular flexibility index (Phi) is 6.29. The van der Waals surface area contributed by atoms with Gasteiger partial charge in [-0.05, 0) is 31.5 Å². The molecular weight excluding hydrogens is 269 g/mol. The van der Waals surface area contributed by atoms with Crippen LogP contribution in [-0.4, -0.2) is 32.0 Å². The summed E-state index contributed by atoms with van der Waals surface area (Å²) in [6.45, 7) is 3.69. The fourth-order valence-corrected chi connectivity index (χ4v) is 1.86. The Bertz CT molecular complexity index is 390. The second kappa shape index (κ2) is 7.50. The van der Waals surface area contributed by atoms with Crippen LogP contribution in [0.15, 0.2) is 24.3 Å². The molecule has 0 amide bonds. The van der Waals surface area contributed by atoms with Crippen LogP contribution < -0.4 is 10.6 Å². The molecule has 0 aliphatic rings. The first-order chi connectivity index (χ1) is 9.33. The Morgan fingerprint density at radius 3 is 2.25 bits per heavy atom. The monoisotopic (exact) mass is 290 g/mol. The fourth-order valence-electron chi connectivity index (χ4n) is 1.86. The van der Waals surface area contributed by atoms with E-state index in [9.17, 15) is 13.2 Å². The Hall–Kier alpha value is -1.27. The Morgan fingerprint density at radius 2 is 1.80 bits per heavy atom. The summed E-state index contributed by atoms with van der Waals surface area (Å²) < 4.78 is 40.6. The summed E-state index contributed by atoms with van der Waals surface area (Å²) in [5.74, 6) is 0. The van der Waals surface area contributed by atoms with Gasteiger partial charge >= 0.3 is 6.18 Å². The summed E-state index contributed by atoms with van der Waals surface area (Å²) in [5, 5.41) is 0. The van der Waals surface area contributed by atoms with Crippen molar-refractivity contribution in [2.75, 3.05) is 24.7 Å². The molecule has 1 aromatic carbocycles. The molecular formula is C14H21F3N2O. The van der Waals surface area contributed by atoms with Gasteiger partial charge in [-0.15, -0.1) is 0 Å². The van der Waals surface area contributed by atoms with Gasteiger partial charge in [0.15, 0.2) is 0 Å². The molecule has 1 rings (SSSR count). The average Bonchev–Trinajstić information content (AvgIpc) is 2.37. The normalized spacial score (nSPS) is 11.9. The van der Waals surface area contributed by atoms with Crippen LogP contribution in [0.25, 0.3) is 0 Å². The van der Waals surface area contributed by atoms with Crippen LogP contribution >= 0.6 is 0 Å². The summed E-state index contributed by atoms with van der Waals surface area (Å²) in [7, 11) is 0. The zero-order chi connectivity index (χ0) is 15.2. The Labute approximate surface area is 117 Å². The minimum absolute atomic E-state index is 0.0380. The first-order valence-corrected chi connectivity index (χ1v) is 6.53. The van der Waals surface area contributed by atoms with Crippen LogP contribution in [0.5, 0.6) is 0 Å². The standard InChI is InChI=1S/C14H21F3N2O/c1-11(2)19(7-8-20-10-14(15,16)17)13-5-3-12(9-18)4-6-13/h3-6,11H,7-10,18H2,1-2H3. The van der Waals surface area contributed by atoms with E-state index in [0.29, 0.717) is 13.1 Å². The van der Waals surface area contributed by atoms with Gasteiger partial charge < -0.3 is 15.4 Å². The molecule has 0 aromatic heterocycles. The van der Waals surface area contributed by atoms with Gasteiger partial charge in [0.05, 0.1) is 6.61 Å². The lowest BCUT2D eigenvalue weighted by molar-refractivity contribution is -0.173. The highest BCUT2D eigenvalue weighted by Gasteiger charge is 2.27. The van der Waals surface area contributed by atoms with Crippen molar-refractivity contribution in [2.24, 2.45) is 5.73 Å². The molecule has 0 unspecified atom stereocenters. The maximum atomic E-state index is 12.0. The van der Waals surface area contributed by atoms with Gasteiger partial charge in [0, 0.05) is 24.8 Å². The van der Waals surface area contributed by atoms with E-state index < -0.39 is 12.8 Å². The molecule has 2 N–H and O–H groups in total. The van der Waals surface area contributed by atoms with E-state index >= 15 is 0 Å². The van der Waals surface area contributed by atoms with Crippen LogP contribution in [0.1, 0.15) is 19.4 Å². The van der Waals surface area contributed by atoms with Crippen LogP contribution in [0.3, 0.4) is 0 Å². The topological polar surface area (TPSA) is 38.5 Å². The van der Waals surface area contributed by atoms with Crippen molar-refractivity contribution >= 4 is 5.69 Å². The molecule has 6 heteroatoms. The molecule has 20 heavy (non-hydrogen) atoms. The molecule has 3 nitrogen and oxygen atoms in total. The molecule has 0 aliphatic carbocycles. The van der Waals surface area contributed by atoms with E-state index in [1.165, 1.54) is 0 Å². The van der Waals surface area contributed by atoms with E-state index in [2.05, 4.69) is 4.74 Å². The third-order valence-corrected chi connectivity index (χ3v) is 2.87. The van der Waals surface area contributed by atoms with Gasteiger partial charge in [0.1, 0.15) is 6.61 Å². The Balaban J connectivity index is 2.55. The first-order valence-electron chi connectivity index (χ1n) is 6.53. The van der Waals surface area contributed by atoms with E-state index in [0.717, 1.165) is 11.3 Å². The number of hydrogen-bond donors (Lipinski definition) is 1. The van der Waals surface area contributed by atoms with Crippen LogP contribution in [0, 0.1) is 0 Å². The highest BCUT2D eigenvalue weighted by Crippen LogP contribution is 2.18. The molecule has 0 radical (unpaired) electrons. The number of alkyl halides is 3. The first kappa shape index (κ1) is 16.8. The summed E-state index contributed by atoms with van der Waals surface area (Å²) in [5.41, 5.74) is 7.51. The summed E-state index contributed by atoms with van der Waals surface area (Å²) in [6.07, 6.45) is -4.27. The lowest BCUT2D eigenvalue weighted by Gasteiger charge is -2.29. The largest absolute Gasteiger partial charge is 0.411 e. The predicted molar refractivity (Wildman–Crippen MR) is 73.7 cm³/mol. The molecule has 0 heterocycles. The van der Waals surface area contributed by atoms with E-state index in [1.807, 2.05) is 43.0 Å². The minimum Gasteiger partial charge on any atom is -0.370 e. The maximum absolute atomic E-state index is 12.0. The maximum Gasteiger partial charge on any atom is 0.411 e. The predicted octanol–water partition coefficient (Wildman–Crippen LogP) is 2.94. The second-order valence-corrected chi connectivity index (χ2v) is 4.83. The zero-order valence-electron chi connectivity index (χ0n) is 11.8. The molecule has 0 atom stereocenters. The zero-order valence-corrected chi connectivity index (χ0v) is 11.8.